The highest BCUT2D eigenvalue weighted by atomic mass is 19.1. The lowest BCUT2D eigenvalue weighted by molar-refractivity contribution is 0.0993. The van der Waals surface area contributed by atoms with E-state index in [1.807, 2.05) is 0 Å². The Morgan fingerprint density at radius 2 is 1.81 bits per heavy atom. The number of nitrogen functional groups attached to an aromatic ring is 1. The molecule has 0 radical (unpaired) electrons. The molecule has 2 aromatic rings. The molecule has 2 N–H and O–H groups in total. The molecule has 1 heterocycles. The van der Waals surface area contributed by atoms with Gasteiger partial charge in [-0.05, 0) is 30.3 Å². The largest absolute Gasteiger partial charge is 0.454 e. The number of rotatable bonds is 2. The molecule has 0 saturated heterocycles. The van der Waals surface area contributed by atoms with Crippen LogP contribution in [0.2, 0.25) is 0 Å². The zero-order chi connectivity index (χ0) is 15.0. The van der Waals surface area contributed by atoms with Gasteiger partial charge in [-0.3, -0.25) is 4.79 Å². The summed E-state index contributed by atoms with van der Waals surface area (Å²) < 4.78 is 23.4. The van der Waals surface area contributed by atoms with E-state index in [0.29, 0.717) is 28.4 Å². The summed E-state index contributed by atoms with van der Waals surface area (Å²) in [4.78, 5) is 13.9. The maximum absolute atomic E-state index is 12.9. The molecular formula is C15H13FN2O3. The van der Waals surface area contributed by atoms with Crippen LogP contribution in [0.1, 0.15) is 10.4 Å². The molecule has 0 aliphatic carbocycles. The summed E-state index contributed by atoms with van der Waals surface area (Å²) in [7, 11) is 1.60. The summed E-state index contributed by atoms with van der Waals surface area (Å²) in [6, 6.07) is 8.76. The molecule has 108 valence electrons. The van der Waals surface area contributed by atoms with E-state index in [4.69, 9.17) is 15.2 Å². The maximum Gasteiger partial charge on any atom is 0.260 e. The van der Waals surface area contributed by atoms with Crippen LogP contribution in [0.3, 0.4) is 0 Å². The van der Waals surface area contributed by atoms with Crippen LogP contribution in [0.15, 0.2) is 36.4 Å². The minimum Gasteiger partial charge on any atom is -0.454 e. The quantitative estimate of drug-likeness (QED) is 0.862. The van der Waals surface area contributed by atoms with Gasteiger partial charge in [0, 0.05) is 24.5 Å². The highest BCUT2D eigenvalue weighted by Gasteiger charge is 2.22. The molecule has 0 spiro atoms. The highest BCUT2D eigenvalue weighted by Crippen LogP contribution is 2.36. The van der Waals surface area contributed by atoms with Gasteiger partial charge in [0.25, 0.3) is 5.91 Å². The van der Waals surface area contributed by atoms with E-state index >= 15 is 0 Å². The molecule has 1 aliphatic heterocycles. The van der Waals surface area contributed by atoms with E-state index < -0.39 is 0 Å². The molecule has 0 fully saturated rings. The van der Waals surface area contributed by atoms with Gasteiger partial charge in [0.05, 0.1) is 5.56 Å². The standard InChI is InChI=1S/C15H13FN2O3/c1-18(10-4-2-9(16)3-5-10)15(19)11-6-13-14(7-12(11)17)21-8-20-13/h2-7H,8,17H2,1H3. The number of hydrogen-bond acceptors (Lipinski definition) is 4. The molecule has 1 aliphatic rings. The molecule has 0 aromatic heterocycles. The summed E-state index contributed by atoms with van der Waals surface area (Å²) in [5, 5.41) is 0. The number of benzene rings is 2. The van der Waals surface area contributed by atoms with Gasteiger partial charge >= 0.3 is 0 Å². The molecule has 0 atom stereocenters. The number of nitrogens with zero attached hydrogens (tertiary/aromatic N) is 1. The van der Waals surface area contributed by atoms with Gasteiger partial charge in [0.15, 0.2) is 11.5 Å². The van der Waals surface area contributed by atoms with E-state index in [2.05, 4.69) is 0 Å². The van der Waals surface area contributed by atoms with Crippen molar-refractivity contribution in [3.63, 3.8) is 0 Å². The number of carbonyl (C=O) groups excluding carboxylic acids is 1. The third kappa shape index (κ3) is 2.35. The lowest BCUT2D eigenvalue weighted by atomic mass is 10.1. The van der Waals surface area contributed by atoms with Crippen LogP contribution in [0.5, 0.6) is 11.5 Å². The number of amides is 1. The van der Waals surface area contributed by atoms with Crippen molar-refractivity contribution >= 4 is 17.3 Å². The Balaban J connectivity index is 1.93. The normalized spacial score (nSPS) is 12.3. The van der Waals surface area contributed by atoms with E-state index in [-0.39, 0.29) is 18.5 Å². The van der Waals surface area contributed by atoms with Gasteiger partial charge in [-0.25, -0.2) is 4.39 Å². The summed E-state index contributed by atoms with van der Waals surface area (Å²) in [5.74, 6) is 0.341. The summed E-state index contributed by atoms with van der Waals surface area (Å²) in [5.41, 5.74) is 7.07. The number of halogens is 1. The second-order valence-corrected chi connectivity index (χ2v) is 4.63. The fourth-order valence-corrected chi connectivity index (χ4v) is 2.11. The summed E-state index contributed by atoms with van der Waals surface area (Å²) in [6.45, 7) is 0.111. The average molecular weight is 288 g/mol. The third-order valence-electron chi connectivity index (χ3n) is 3.29. The summed E-state index contributed by atoms with van der Waals surface area (Å²) in [6.07, 6.45) is 0. The topological polar surface area (TPSA) is 64.8 Å². The average Bonchev–Trinajstić information content (AvgIpc) is 2.93. The first kappa shape index (κ1) is 13.2. The van der Waals surface area contributed by atoms with Crippen molar-refractivity contribution in [2.75, 3.05) is 24.5 Å². The Labute approximate surface area is 120 Å². The fraction of sp³-hybridized carbons (Fsp3) is 0.133. The molecule has 2 aromatic carbocycles. The monoisotopic (exact) mass is 288 g/mol. The van der Waals surface area contributed by atoms with Gasteiger partial charge in [-0.15, -0.1) is 0 Å². The van der Waals surface area contributed by atoms with Crippen molar-refractivity contribution in [3.05, 3.63) is 47.8 Å². The van der Waals surface area contributed by atoms with Crippen LogP contribution >= 0.6 is 0 Å². The van der Waals surface area contributed by atoms with Crippen molar-refractivity contribution in [2.45, 2.75) is 0 Å². The molecular weight excluding hydrogens is 275 g/mol. The third-order valence-corrected chi connectivity index (χ3v) is 3.29. The Morgan fingerprint density at radius 3 is 2.48 bits per heavy atom. The van der Waals surface area contributed by atoms with Crippen molar-refractivity contribution < 1.29 is 18.7 Å². The number of nitrogens with two attached hydrogens (primary N) is 1. The SMILES string of the molecule is CN(C(=O)c1cc2c(cc1N)OCO2)c1ccc(F)cc1. The van der Waals surface area contributed by atoms with Crippen molar-refractivity contribution in [1.82, 2.24) is 0 Å². The zero-order valence-electron chi connectivity index (χ0n) is 11.3. The lowest BCUT2D eigenvalue weighted by Gasteiger charge is -2.18. The minimum atomic E-state index is -0.359. The van der Waals surface area contributed by atoms with E-state index in [0.717, 1.165) is 0 Å². The molecule has 0 bridgehead atoms. The first-order chi connectivity index (χ1) is 10.1. The van der Waals surface area contributed by atoms with Crippen LogP contribution < -0.4 is 20.1 Å². The van der Waals surface area contributed by atoms with Crippen LogP contribution in [0.25, 0.3) is 0 Å². The van der Waals surface area contributed by atoms with Gasteiger partial charge in [-0.2, -0.15) is 0 Å². The van der Waals surface area contributed by atoms with Crippen molar-refractivity contribution in [2.24, 2.45) is 0 Å². The molecule has 1 amide bonds. The van der Waals surface area contributed by atoms with E-state index in [1.54, 1.807) is 19.2 Å². The Bertz CT molecular complexity index is 701. The van der Waals surface area contributed by atoms with Crippen LogP contribution in [-0.4, -0.2) is 19.7 Å². The predicted molar refractivity (Wildman–Crippen MR) is 76.1 cm³/mol. The maximum atomic E-state index is 12.9. The zero-order valence-corrected chi connectivity index (χ0v) is 11.3. The van der Waals surface area contributed by atoms with Crippen LogP contribution in [-0.2, 0) is 0 Å². The van der Waals surface area contributed by atoms with Crippen molar-refractivity contribution in [3.8, 4) is 11.5 Å². The first-order valence-electron chi connectivity index (χ1n) is 6.29. The van der Waals surface area contributed by atoms with Gasteiger partial charge < -0.3 is 20.1 Å². The van der Waals surface area contributed by atoms with Crippen LogP contribution in [0.4, 0.5) is 15.8 Å². The summed E-state index contributed by atoms with van der Waals surface area (Å²) >= 11 is 0. The Kier molecular flexibility index (Phi) is 3.13. The number of carbonyl (C=O) groups is 1. The van der Waals surface area contributed by atoms with Gasteiger partial charge in [0.1, 0.15) is 5.82 Å². The first-order valence-corrected chi connectivity index (χ1v) is 6.29. The lowest BCUT2D eigenvalue weighted by Crippen LogP contribution is -2.27. The molecule has 21 heavy (non-hydrogen) atoms. The van der Waals surface area contributed by atoms with Crippen LogP contribution in [0, 0.1) is 5.82 Å². The van der Waals surface area contributed by atoms with E-state index in [9.17, 15) is 9.18 Å². The molecule has 3 rings (SSSR count). The van der Waals surface area contributed by atoms with Crippen molar-refractivity contribution in [1.29, 1.82) is 0 Å². The molecule has 0 unspecified atom stereocenters. The number of ether oxygens (including phenoxy) is 2. The Morgan fingerprint density at radius 1 is 1.19 bits per heavy atom. The molecule has 5 nitrogen and oxygen atoms in total. The molecule has 6 heteroatoms. The van der Waals surface area contributed by atoms with Gasteiger partial charge in [0.2, 0.25) is 6.79 Å². The highest BCUT2D eigenvalue weighted by molar-refractivity contribution is 6.09. The van der Waals surface area contributed by atoms with E-state index in [1.165, 1.54) is 29.2 Å². The number of hydrogen-bond donors (Lipinski definition) is 1. The fourth-order valence-electron chi connectivity index (χ4n) is 2.11. The number of fused-ring (bicyclic) bond motifs is 1. The van der Waals surface area contributed by atoms with Gasteiger partial charge in [-0.1, -0.05) is 0 Å². The minimum absolute atomic E-state index is 0.111. The number of anilines is 2. The second-order valence-electron chi connectivity index (χ2n) is 4.63. The molecule has 0 saturated carbocycles. The smallest absolute Gasteiger partial charge is 0.260 e. The predicted octanol–water partition coefficient (Wildman–Crippen LogP) is 2.41. The Hall–Kier alpha value is -2.76. The second kappa shape index (κ2) is 4.97.